The van der Waals surface area contributed by atoms with E-state index >= 15 is 0 Å². The Kier molecular flexibility index (Phi) is 9.40. The van der Waals surface area contributed by atoms with Crippen molar-refractivity contribution >= 4 is 0 Å². The number of aliphatic hydroxyl groups excluding tert-OH is 1. The molecule has 0 aliphatic rings. The summed E-state index contributed by atoms with van der Waals surface area (Å²) in [6.07, 6.45) is -0.678. The lowest BCUT2D eigenvalue weighted by Crippen LogP contribution is -2.38. The summed E-state index contributed by atoms with van der Waals surface area (Å²) in [6.45, 7) is 9.95. The summed E-state index contributed by atoms with van der Waals surface area (Å²) < 4.78 is 32.9. The summed E-state index contributed by atoms with van der Waals surface area (Å²) in [5, 5.41) is 15.4. The van der Waals surface area contributed by atoms with E-state index < -0.39 is 6.10 Å². The molecule has 1 atom stereocenters. The van der Waals surface area contributed by atoms with Gasteiger partial charge < -0.3 is 19.3 Å². The fourth-order valence-electron chi connectivity index (χ4n) is 3.59. The molecule has 0 unspecified atom stereocenters. The summed E-state index contributed by atoms with van der Waals surface area (Å²) in [4.78, 5) is 2.08. The first-order chi connectivity index (χ1) is 16.7. The van der Waals surface area contributed by atoms with Crippen LogP contribution >= 0.6 is 0 Å². The highest BCUT2D eigenvalue weighted by atomic mass is 19.1. The van der Waals surface area contributed by atoms with Crippen molar-refractivity contribution in [2.24, 2.45) is 0 Å². The Morgan fingerprint density at radius 3 is 2.51 bits per heavy atom. The Bertz CT molecular complexity index is 1070. The van der Waals surface area contributed by atoms with Crippen LogP contribution in [0.5, 0.6) is 11.6 Å². The quantitative estimate of drug-likeness (QED) is 0.400. The Balaban J connectivity index is 1.92. The van der Waals surface area contributed by atoms with E-state index in [9.17, 15) is 9.50 Å². The van der Waals surface area contributed by atoms with Crippen molar-refractivity contribution in [2.45, 2.75) is 45.9 Å². The zero-order valence-electron chi connectivity index (χ0n) is 21.2. The summed E-state index contributed by atoms with van der Waals surface area (Å²) in [6, 6.07) is 15.7. The van der Waals surface area contributed by atoms with Gasteiger partial charge in [-0.1, -0.05) is 24.3 Å². The van der Waals surface area contributed by atoms with Crippen LogP contribution in [0.3, 0.4) is 0 Å². The van der Waals surface area contributed by atoms with Crippen molar-refractivity contribution in [3.05, 3.63) is 71.7 Å². The van der Waals surface area contributed by atoms with Crippen LogP contribution in [0.25, 0.3) is 5.69 Å². The number of methoxy groups -OCH3 is 1. The SMILES string of the molecule is COCCN(Cc1c(C)nn(-c2ccccc2)c1Oc1cccc(F)c1)C[C@H](O)COC(C)(C)C. The summed E-state index contributed by atoms with van der Waals surface area (Å²) in [5.74, 6) is 0.503. The predicted octanol–water partition coefficient (Wildman–Crippen LogP) is 4.74. The zero-order valence-corrected chi connectivity index (χ0v) is 21.2. The van der Waals surface area contributed by atoms with Crippen LogP contribution in [0.4, 0.5) is 4.39 Å². The maximum absolute atomic E-state index is 13.9. The first-order valence-electron chi connectivity index (χ1n) is 11.8. The van der Waals surface area contributed by atoms with Gasteiger partial charge in [0.25, 0.3) is 0 Å². The van der Waals surface area contributed by atoms with Gasteiger partial charge in [0, 0.05) is 32.8 Å². The molecule has 3 rings (SSSR count). The maximum atomic E-state index is 13.9. The number of aromatic nitrogens is 2. The molecule has 0 spiro atoms. The molecule has 0 saturated carbocycles. The number of halogens is 1. The van der Waals surface area contributed by atoms with E-state index in [-0.39, 0.29) is 18.0 Å². The average Bonchev–Trinajstić information content (AvgIpc) is 3.11. The van der Waals surface area contributed by atoms with Crippen molar-refractivity contribution < 1.29 is 23.7 Å². The van der Waals surface area contributed by atoms with E-state index in [4.69, 9.17) is 19.3 Å². The van der Waals surface area contributed by atoms with E-state index in [1.165, 1.54) is 12.1 Å². The van der Waals surface area contributed by atoms with E-state index in [0.717, 1.165) is 16.9 Å². The molecule has 190 valence electrons. The zero-order chi connectivity index (χ0) is 25.4. The third kappa shape index (κ3) is 8.14. The van der Waals surface area contributed by atoms with Gasteiger partial charge in [-0.15, -0.1) is 0 Å². The van der Waals surface area contributed by atoms with Gasteiger partial charge in [0.05, 0.1) is 41.9 Å². The number of nitrogens with zero attached hydrogens (tertiary/aromatic N) is 3. The number of hydrogen-bond donors (Lipinski definition) is 1. The normalized spacial score (nSPS) is 12.8. The summed E-state index contributed by atoms with van der Waals surface area (Å²) in [7, 11) is 1.65. The molecule has 7 nitrogen and oxygen atoms in total. The standard InChI is InChI=1S/C27H36FN3O4/c1-20-25(18-30(14-15-33-5)17-23(32)19-34-27(2,3)4)26(35-24-13-9-10-21(28)16-24)31(29-20)22-11-7-6-8-12-22/h6-13,16,23,32H,14-15,17-19H2,1-5H3/t23-/m0/s1. The first-order valence-corrected chi connectivity index (χ1v) is 11.8. The van der Waals surface area contributed by atoms with Crippen LogP contribution in [0.15, 0.2) is 54.6 Å². The van der Waals surface area contributed by atoms with Gasteiger partial charge in [-0.05, 0) is 52.0 Å². The molecule has 1 aromatic heterocycles. The highest BCUT2D eigenvalue weighted by molar-refractivity contribution is 5.43. The number of hydrogen-bond acceptors (Lipinski definition) is 6. The minimum Gasteiger partial charge on any atom is -0.438 e. The molecule has 0 radical (unpaired) electrons. The Morgan fingerprint density at radius 1 is 1.11 bits per heavy atom. The molecular weight excluding hydrogens is 449 g/mol. The van der Waals surface area contributed by atoms with Gasteiger partial charge in [-0.3, -0.25) is 4.90 Å². The molecule has 1 heterocycles. The summed E-state index contributed by atoms with van der Waals surface area (Å²) >= 11 is 0. The van der Waals surface area contributed by atoms with Crippen LogP contribution in [-0.2, 0) is 16.0 Å². The van der Waals surface area contributed by atoms with E-state index in [1.54, 1.807) is 23.9 Å². The molecule has 35 heavy (non-hydrogen) atoms. The smallest absolute Gasteiger partial charge is 0.227 e. The van der Waals surface area contributed by atoms with Crippen molar-refractivity contribution in [3.8, 4) is 17.3 Å². The fraction of sp³-hybridized carbons (Fsp3) is 0.444. The lowest BCUT2D eigenvalue weighted by Gasteiger charge is -2.27. The Hall–Kier alpha value is -2.78. The highest BCUT2D eigenvalue weighted by Gasteiger charge is 2.23. The fourth-order valence-corrected chi connectivity index (χ4v) is 3.59. The lowest BCUT2D eigenvalue weighted by molar-refractivity contribution is -0.0577. The molecular formula is C27H36FN3O4. The number of ether oxygens (including phenoxy) is 3. The third-order valence-corrected chi connectivity index (χ3v) is 5.32. The number of benzene rings is 2. The van der Waals surface area contributed by atoms with Crippen molar-refractivity contribution in [3.63, 3.8) is 0 Å². The van der Waals surface area contributed by atoms with Gasteiger partial charge >= 0.3 is 0 Å². The minimum atomic E-state index is -0.678. The van der Waals surface area contributed by atoms with Gasteiger partial charge in [0.2, 0.25) is 5.88 Å². The number of rotatable bonds is 12. The molecule has 1 N–H and O–H groups in total. The number of aryl methyl sites for hydroxylation is 1. The molecule has 0 amide bonds. The van der Waals surface area contributed by atoms with Crippen LogP contribution in [0.1, 0.15) is 32.0 Å². The molecule has 0 fully saturated rings. The van der Waals surface area contributed by atoms with E-state index in [2.05, 4.69) is 4.90 Å². The molecule has 3 aromatic rings. The van der Waals surface area contributed by atoms with Crippen molar-refractivity contribution in [2.75, 3.05) is 33.4 Å². The average molecular weight is 486 g/mol. The van der Waals surface area contributed by atoms with Crippen molar-refractivity contribution in [1.29, 1.82) is 0 Å². The number of aliphatic hydroxyl groups is 1. The molecule has 8 heteroatoms. The summed E-state index contributed by atoms with van der Waals surface area (Å²) in [5.41, 5.74) is 2.12. The topological polar surface area (TPSA) is 69.0 Å². The highest BCUT2D eigenvalue weighted by Crippen LogP contribution is 2.32. The second-order valence-corrected chi connectivity index (χ2v) is 9.48. The van der Waals surface area contributed by atoms with Gasteiger partial charge in [0.15, 0.2) is 0 Å². The first kappa shape index (κ1) is 26.8. The largest absolute Gasteiger partial charge is 0.438 e. The minimum absolute atomic E-state index is 0.224. The molecule has 2 aromatic carbocycles. The van der Waals surface area contributed by atoms with Crippen LogP contribution in [-0.4, -0.2) is 64.9 Å². The Labute approximate surface area is 207 Å². The second-order valence-electron chi connectivity index (χ2n) is 9.48. The van der Waals surface area contributed by atoms with Gasteiger partial charge in [0.1, 0.15) is 11.6 Å². The molecule has 0 aliphatic heterocycles. The van der Waals surface area contributed by atoms with E-state index in [0.29, 0.717) is 37.9 Å². The van der Waals surface area contributed by atoms with Crippen LogP contribution < -0.4 is 4.74 Å². The lowest BCUT2D eigenvalue weighted by atomic mass is 10.2. The van der Waals surface area contributed by atoms with Gasteiger partial charge in [-0.2, -0.15) is 5.10 Å². The van der Waals surface area contributed by atoms with E-state index in [1.807, 2.05) is 58.0 Å². The predicted molar refractivity (Wildman–Crippen MR) is 134 cm³/mol. The molecule has 0 aliphatic carbocycles. The number of para-hydroxylation sites is 1. The molecule has 0 saturated heterocycles. The third-order valence-electron chi connectivity index (χ3n) is 5.32. The Morgan fingerprint density at radius 2 is 1.86 bits per heavy atom. The van der Waals surface area contributed by atoms with Crippen LogP contribution in [0.2, 0.25) is 0 Å². The van der Waals surface area contributed by atoms with Gasteiger partial charge in [-0.25, -0.2) is 9.07 Å². The molecule has 0 bridgehead atoms. The second kappa shape index (κ2) is 12.3. The maximum Gasteiger partial charge on any atom is 0.227 e. The monoisotopic (exact) mass is 485 g/mol. The van der Waals surface area contributed by atoms with Crippen molar-refractivity contribution in [1.82, 2.24) is 14.7 Å². The van der Waals surface area contributed by atoms with Crippen LogP contribution in [0, 0.1) is 12.7 Å².